The molecule has 0 aliphatic heterocycles. The molecular formula is C16H25NO. The van der Waals surface area contributed by atoms with Crippen LogP contribution in [0.4, 0.5) is 0 Å². The number of hydrogen-bond donors (Lipinski definition) is 2. The highest BCUT2D eigenvalue weighted by molar-refractivity contribution is 5.19. The largest absolute Gasteiger partial charge is 0.394 e. The molecule has 0 amide bonds. The Labute approximate surface area is 110 Å². The van der Waals surface area contributed by atoms with E-state index in [9.17, 15) is 5.11 Å². The maximum Gasteiger partial charge on any atom is 0.0626 e. The molecule has 1 aromatic rings. The Bertz CT molecular complexity index is 351. The Morgan fingerprint density at radius 3 is 2.56 bits per heavy atom. The minimum absolute atomic E-state index is 0.0760. The van der Waals surface area contributed by atoms with Crippen LogP contribution in [0.15, 0.2) is 30.3 Å². The van der Waals surface area contributed by atoms with Gasteiger partial charge in [-0.2, -0.15) is 0 Å². The van der Waals surface area contributed by atoms with Gasteiger partial charge in [-0.3, -0.25) is 0 Å². The summed E-state index contributed by atoms with van der Waals surface area (Å²) in [7, 11) is 0. The van der Waals surface area contributed by atoms with Gasteiger partial charge in [0.2, 0.25) is 0 Å². The summed E-state index contributed by atoms with van der Waals surface area (Å²) in [6.07, 6.45) is 3.82. The van der Waals surface area contributed by atoms with E-state index in [1.807, 2.05) is 18.2 Å². The highest BCUT2D eigenvalue weighted by atomic mass is 16.3. The van der Waals surface area contributed by atoms with Gasteiger partial charge in [-0.15, -0.1) is 0 Å². The predicted octanol–water partition coefficient (Wildman–Crippen LogP) is 3.13. The standard InChI is InChI=1S/C16H25NO/c1-12-8-9-15(13(2)10-12)17-16(11-18)14-6-4-3-5-7-14/h3-7,12-13,15-18H,8-11H2,1-2H3. The highest BCUT2D eigenvalue weighted by Crippen LogP contribution is 2.30. The van der Waals surface area contributed by atoms with Gasteiger partial charge in [0.15, 0.2) is 0 Å². The lowest BCUT2D eigenvalue weighted by molar-refractivity contribution is 0.177. The summed E-state index contributed by atoms with van der Waals surface area (Å²) < 4.78 is 0. The summed E-state index contributed by atoms with van der Waals surface area (Å²) in [5.41, 5.74) is 1.19. The van der Waals surface area contributed by atoms with E-state index < -0.39 is 0 Å². The predicted molar refractivity (Wildman–Crippen MR) is 75.4 cm³/mol. The summed E-state index contributed by atoms with van der Waals surface area (Å²) >= 11 is 0. The molecule has 0 heterocycles. The Hall–Kier alpha value is -0.860. The molecule has 2 rings (SSSR count). The van der Waals surface area contributed by atoms with E-state index in [0.29, 0.717) is 12.0 Å². The highest BCUT2D eigenvalue weighted by Gasteiger charge is 2.27. The summed E-state index contributed by atoms with van der Waals surface area (Å²) in [4.78, 5) is 0. The minimum atomic E-state index is 0.0760. The van der Waals surface area contributed by atoms with Gasteiger partial charge < -0.3 is 10.4 Å². The van der Waals surface area contributed by atoms with Gasteiger partial charge in [0.25, 0.3) is 0 Å². The van der Waals surface area contributed by atoms with Crippen LogP contribution in [0.1, 0.15) is 44.7 Å². The molecular weight excluding hydrogens is 222 g/mol. The zero-order valence-electron chi connectivity index (χ0n) is 11.5. The summed E-state index contributed by atoms with van der Waals surface area (Å²) in [5.74, 6) is 1.55. The van der Waals surface area contributed by atoms with Crippen LogP contribution < -0.4 is 5.32 Å². The van der Waals surface area contributed by atoms with Crippen LogP contribution >= 0.6 is 0 Å². The Morgan fingerprint density at radius 1 is 1.22 bits per heavy atom. The average molecular weight is 247 g/mol. The van der Waals surface area contributed by atoms with Crippen LogP contribution in [0.25, 0.3) is 0 Å². The first-order chi connectivity index (χ1) is 8.70. The Morgan fingerprint density at radius 2 is 1.94 bits per heavy atom. The van der Waals surface area contributed by atoms with Crippen molar-refractivity contribution < 1.29 is 5.11 Å². The van der Waals surface area contributed by atoms with E-state index in [2.05, 4.69) is 31.3 Å². The lowest BCUT2D eigenvalue weighted by atomic mass is 9.79. The van der Waals surface area contributed by atoms with Crippen LogP contribution in [0.3, 0.4) is 0 Å². The van der Waals surface area contributed by atoms with E-state index >= 15 is 0 Å². The third kappa shape index (κ3) is 3.33. The molecule has 0 bridgehead atoms. The molecule has 1 fully saturated rings. The molecule has 1 aromatic carbocycles. The molecule has 1 aliphatic carbocycles. The van der Waals surface area contributed by atoms with Gasteiger partial charge in [0.05, 0.1) is 12.6 Å². The number of rotatable bonds is 4. The van der Waals surface area contributed by atoms with E-state index in [1.54, 1.807) is 0 Å². The lowest BCUT2D eigenvalue weighted by Crippen LogP contribution is -2.42. The number of benzene rings is 1. The zero-order valence-corrected chi connectivity index (χ0v) is 11.5. The van der Waals surface area contributed by atoms with Crippen molar-refractivity contribution in [3.05, 3.63) is 35.9 Å². The maximum atomic E-state index is 9.59. The molecule has 0 radical (unpaired) electrons. The first-order valence-corrected chi connectivity index (χ1v) is 7.12. The summed E-state index contributed by atoms with van der Waals surface area (Å²) in [6, 6.07) is 10.9. The van der Waals surface area contributed by atoms with Gasteiger partial charge in [0, 0.05) is 6.04 Å². The maximum absolute atomic E-state index is 9.59. The van der Waals surface area contributed by atoms with Crippen molar-refractivity contribution in [3.63, 3.8) is 0 Å². The monoisotopic (exact) mass is 247 g/mol. The van der Waals surface area contributed by atoms with Crippen molar-refractivity contribution in [2.75, 3.05) is 6.61 Å². The lowest BCUT2D eigenvalue weighted by Gasteiger charge is -2.35. The van der Waals surface area contributed by atoms with Crippen molar-refractivity contribution in [2.24, 2.45) is 11.8 Å². The van der Waals surface area contributed by atoms with E-state index in [4.69, 9.17) is 0 Å². The third-order valence-corrected chi connectivity index (χ3v) is 4.23. The second-order valence-corrected chi connectivity index (χ2v) is 5.81. The van der Waals surface area contributed by atoms with Crippen molar-refractivity contribution in [1.82, 2.24) is 5.32 Å². The molecule has 2 nitrogen and oxygen atoms in total. The fraction of sp³-hybridized carbons (Fsp3) is 0.625. The average Bonchev–Trinajstić information content (AvgIpc) is 2.39. The molecule has 0 aromatic heterocycles. The third-order valence-electron chi connectivity index (χ3n) is 4.23. The van der Waals surface area contributed by atoms with Crippen LogP contribution in [-0.2, 0) is 0 Å². The molecule has 0 spiro atoms. The molecule has 1 aliphatic rings. The molecule has 100 valence electrons. The quantitative estimate of drug-likeness (QED) is 0.856. The van der Waals surface area contributed by atoms with E-state index in [1.165, 1.54) is 24.8 Å². The van der Waals surface area contributed by atoms with Gasteiger partial charge in [-0.1, -0.05) is 44.2 Å². The van der Waals surface area contributed by atoms with E-state index in [0.717, 1.165) is 5.92 Å². The SMILES string of the molecule is CC1CCC(NC(CO)c2ccccc2)C(C)C1. The zero-order chi connectivity index (χ0) is 13.0. The first kappa shape index (κ1) is 13.6. The van der Waals surface area contributed by atoms with Gasteiger partial charge >= 0.3 is 0 Å². The van der Waals surface area contributed by atoms with Crippen LogP contribution in [0.2, 0.25) is 0 Å². The van der Waals surface area contributed by atoms with Crippen molar-refractivity contribution in [3.8, 4) is 0 Å². The first-order valence-electron chi connectivity index (χ1n) is 7.12. The molecule has 4 atom stereocenters. The number of nitrogens with one attached hydrogen (secondary N) is 1. The molecule has 2 heteroatoms. The second-order valence-electron chi connectivity index (χ2n) is 5.81. The Kier molecular flexibility index (Phi) is 4.79. The number of aliphatic hydroxyl groups excluding tert-OH is 1. The van der Waals surface area contributed by atoms with Crippen LogP contribution in [0, 0.1) is 11.8 Å². The molecule has 18 heavy (non-hydrogen) atoms. The van der Waals surface area contributed by atoms with E-state index in [-0.39, 0.29) is 12.6 Å². The number of aliphatic hydroxyl groups is 1. The van der Waals surface area contributed by atoms with Crippen molar-refractivity contribution in [1.29, 1.82) is 0 Å². The van der Waals surface area contributed by atoms with Crippen molar-refractivity contribution >= 4 is 0 Å². The minimum Gasteiger partial charge on any atom is -0.394 e. The normalized spacial score (nSPS) is 30.1. The van der Waals surface area contributed by atoms with Crippen molar-refractivity contribution in [2.45, 2.75) is 45.2 Å². The smallest absolute Gasteiger partial charge is 0.0626 e. The van der Waals surface area contributed by atoms with Crippen LogP contribution in [0.5, 0.6) is 0 Å². The van der Waals surface area contributed by atoms with Gasteiger partial charge in [-0.25, -0.2) is 0 Å². The topological polar surface area (TPSA) is 32.3 Å². The molecule has 0 saturated heterocycles. The summed E-state index contributed by atoms with van der Waals surface area (Å²) in [5, 5.41) is 13.2. The van der Waals surface area contributed by atoms with Gasteiger partial charge in [0.1, 0.15) is 0 Å². The number of hydrogen-bond acceptors (Lipinski definition) is 2. The molecule has 1 saturated carbocycles. The van der Waals surface area contributed by atoms with Crippen LogP contribution in [-0.4, -0.2) is 17.8 Å². The molecule has 4 unspecified atom stereocenters. The fourth-order valence-corrected chi connectivity index (χ4v) is 3.11. The Balaban J connectivity index is 1.98. The summed E-state index contributed by atoms with van der Waals surface area (Å²) in [6.45, 7) is 4.84. The van der Waals surface area contributed by atoms with Gasteiger partial charge in [-0.05, 0) is 36.7 Å². The molecule has 2 N–H and O–H groups in total. The second kappa shape index (κ2) is 6.35. The fourth-order valence-electron chi connectivity index (χ4n) is 3.11.